The molecule has 9 rings (SSSR count). The van der Waals surface area contributed by atoms with Gasteiger partial charge in [0.05, 0.1) is 14.8 Å². The maximum Gasteiger partial charge on any atom is 1.00 e. The second-order valence-electron chi connectivity index (χ2n) is 11.0. The van der Waals surface area contributed by atoms with Gasteiger partial charge in [0, 0.05) is 44.5 Å². The summed E-state index contributed by atoms with van der Waals surface area (Å²) in [6.07, 6.45) is 0. The molecule has 244 valence electrons. The number of aromatic nitrogens is 8. The van der Waals surface area contributed by atoms with Crippen LogP contribution < -0.4 is 0 Å². The topological polar surface area (TPSA) is 238 Å². The molecule has 0 atom stereocenters. The minimum absolute atomic E-state index is 0. The van der Waals surface area contributed by atoms with E-state index in [9.17, 15) is 30.3 Å². The number of nitro benzene ring substituents is 3. The Kier molecular flexibility index (Phi) is 6.67. The van der Waals surface area contributed by atoms with E-state index in [0.29, 0.717) is 39.4 Å². The fourth-order valence-electron chi connectivity index (χ4n) is 6.25. The summed E-state index contributed by atoms with van der Waals surface area (Å²) in [5.74, 6) is 0.801. The van der Waals surface area contributed by atoms with Gasteiger partial charge in [-0.15, -0.1) is 0 Å². The summed E-state index contributed by atoms with van der Waals surface area (Å²) in [6.45, 7) is 0. The molecule has 0 saturated heterocycles. The zero-order chi connectivity index (χ0) is 33.6. The summed E-state index contributed by atoms with van der Waals surface area (Å²) >= 11 is 0. The number of fused-ring (bicyclic) bond motifs is 20. The van der Waals surface area contributed by atoms with Crippen LogP contribution in [-0.4, -0.2) is 54.6 Å². The first-order valence-electron chi connectivity index (χ1n) is 14.5. The minimum atomic E-state index is -1.29. The first kappa shape index (κ1) is 30.3. The number of rotatable bonds is 3. The van der Waals surface area contributed by atoms with Crippen LogP contribution in [0.5, 0.6) is 0 Å². The largest absolute Gasteiger partial charge is 1.00 e. The molecule has 2 N–H and O–H groups in total. The minimum Gasteiger partial charge on any atom is -0.324 e. The second kappa shape index (κ2) is 11.0. The van der Waals surface area contributed by atoms with Crippen molar-refractivity contribution in [3.63, 3.8) is 0 Å². The fraction of sp³-hybridized carbons (Fsp3) is 0. The molecule has 2 aliphatic heterocycles. The molecule has 0 saturated carbocycles. The number of nitrogens with one attached hydrogen (secondary N) is 2. The zero-order valence-electron chi connectivity index (χ0n) is 24.8. The van der Waals surface area contributed by atoms with Gasteiger partial charge in [-0.2, -0.15) is 0 Å². The summed E-state index contributed by atoms with van der Waals surface area (Å²) in [6, 6.07) is 22.6. The standard InChI is InChI=1S/C32H15N11O6.Cu/c44-41(45)21-13-20-22(24(43(48)49)23(21)42(46)47)32-39-30-19-12-6-5-11-18(19)28(37-30)35-26-15-8-2-1-7-14(15)25(33-26)34-27-16-9-3-4-10-17(16)29(36-27)38-31(20)40-32;/h1-13H,(H2,33,34,35,36,37,38,39,40);/q;+1. The first-order chi connectivity index (χ1) is 23.8. The molecule has 0 unspecified atom stereocenters. The molecule has 0 radical (unpaired) electrons. The van der Waals surface area contributed by atoms with Crippen LogP contribution >= 0.6 is 0 Å². The smallest absolute Gasteiger partial charge is 0.324 e. The average Bonchev–Trinajstić information content (AvgIpc) is 3.83. The molecule has 0 aliphatic carbocycles. The predicted molar refractivity (Wildman–Crippen MR) is 176 cm³/mol. The van der Waals surface area contributed by atoms with Crippen LogP contribution in [0.4, 0.5) is 17.1 Å². The van der Waals surface area contributed by atoms with Crippen molar-refractivity contribution in [3.8, 4) is 45.6 Å². The summed E-state index contributed by atoms with van der Waals surface area (Å²) in [5.41, 5.74) is -0.572. The zero-order valence-corrected chi connectivity index (χ0v) is 25.7. The molecule has 0 fully saturated rings. The number of nitro groups is 3. The van der Waals surface area contributed by atoms with Gasteiger partial charge in [0.25, 0.3) is 0 Å². The first-order valence-corrected chi connectivity index (χ1v) is 14.5. The van der Waals surface area contributed by atoms with Crippen LogP contribution in [0.25, 0.3) is 89.7 Å². The molecule has 4 aromatic carbocycles. The second-order valence-corrected chi connectivity index (χ2v) is 11.0. The van der Waals surface area contributed by atoms with Crippen molar-refractivity contribution in [1.82, 2.24) is 39.9 Å². The SMILES string of the molecule is O=[N+]([O-])c1cc2c3nc4nc(nc5[nH]c(nc6nc(nc([nH]3)c2c([N+](=O)[O-])c1[N+](=O)[O-])-c1ccccc1-6)c1ccccc51)-c1ccccc1-4.[Cu+]. The molecule has 2 aliphatic rings. The van der Waals surface area contributed by atoms with Crippen LogP contribution in [0, 0.1) is 30.3 Å². The third-order valence-corrected chi connectivity index (χ3v) is 8.33. The number of hydrogen-bond donors (Lipinski definition) is 2. The number of hydrogen-bond acceptors (Lipinski definition) is 12. The Balaban J connectivity index is 0.00000361. The Morgan fingerprint density at radius 2 is 0.840 bits per heavy atom. The van der Waals surface area contributed by atoms with Crippen LogP contribution in [0.1, 0.15) is 0 Å². The molecule has 3 aromatic heterocycles. The molecular weight excluding hydrogens is 698 g/mol. The number of nitrogens with zero attached hydrogens (tertiary/aromatic N) is 9. The van der Waals surface area contributed by atoms with Gasteiger partial charge >= 0.3 is 34.1 Å². The molecular formula is C32H15CuN11O6+. The summed E-state index contributed by atoms with van der Waals surface area (Å²) < 4.78 is 0. The Labute approximate surface area is 287 Å². The van der Waals surface area contributed by atoms with Gasteiger partial charge in [0.1, 0.15) is 28.0 Å². The van der Waals surface area contributed by atoms with E-state index in [1.807, 2.05) is 24.3 Å². The Bertz CT molecular complexity index is 2850. The van der Waals surface area contributed by atoms with Gasteiger partial charge < -0.3 is 9.97 Å². The van der Waals surface area contributed by atoms with Gasteiger partial charge in [0.15, 0.2) is 23.3 Å². The van der Waals surface area contributed by atoms with Crippen molar-refractivity contribution in [3.05, 3.63) is 109 Å². The van der Waals surface area contributed by atoms with E-state index >= 15 is 0 Å². The van der Waals surface area contributed by atoms with Crippen molar-refractivity contribution < 1.29 is 31.8 Å². The van der Waals surface area contributed by atoms with Crippen molar-refractivity contribution in [1.29, 1.82) is 0 Å². The van der Waals surface area contributed by atoms with E-state index in [1.165, 1.54) is 0 Å². The monoisotopic (exact) mass is 712 g/mol. The van der Waals surface area contributed by atoms with Crippen molar-refractivity contribution in [2.75, 3.05) is 0 Å². The maximum atomic E-state index is 12.5. The molecule has 0 spiro atoms. The third kappa shape index (κ3) is 4.40. The van der Waals surface area contributed by atoms with Gasteiger partial charge in [-0.05, 0) is 0 Å². The van der Waals surface area contributed by atoms with E-state index in [0.717, 1.165) is 16.8 Å². The van der Waals surface area contributed by atoms with Gasteiger partial charge in [-0.25, -0.2) is 29.9 Å². The number of benzene rings is 4. The summed E-state index contributed by atoms with van der Waals surface area (Å²) in [4.78, 5) is 68.1. The molecule has 18 heteroatoms. The molecule has 0 amide bonds. The average molecular weight is 713 g/mol. The van der Waals surface area contributed by atoms with Crippen LogP contribution in [0.3, 0.4) is 0 Å². The molecule has 5 heterocycles. The molecule has 7 aromatic rings. The molecule has 8 bridgehead atoms. The van der Waals surface area contributed by atoms with Crippen molar-refractivity contribution >= 4 is 61.2 Å². The van der Waals surface area contributed by atoms with Crippen LogP contribution in [0.2, 0.25) is 0 Å². The fourth-order valence-corrected chi connectivity index (χ4v) is 6.25. The summed E-state index contributed by atoms with van der Waals surface area (Å²) in [7, 11) is 0. The van der Waals surface area contributed by atoms with Gasteiger partial charge in [0.2, 0.25) is 0 Å². The van der Waals surface area contributed by atoms with E-state index in [2.05, 4.69) is 24.9 Å². The number of aromatic amines is 2. The van der Waals surface area contributed by atoms with E-state index in [-0.39, 0.29) is 56.6 Å². The predicted octanol–water partition coefficient (Wildman–Crippen LogP) is 6.59. The van der Waals surface area contributed by atoms with Crippen molar-refractivity contribution in [2.24, 2.45) is 0 Å². The Morgan fingerprint density at radius 1 is 0.460 bits per heavy atom. The van der Waals surface area contributed by atoms with Crippen molar-refractivity contribution in [2.45, 2.75) is 0 Å². The quantitative estimate of drug-likeness (QED) is 0.112. The molecule has 50 heavy (non-hydrogen) atoms. The summed E-state index contributed by atoms with van der Waals surface area (Å²) in [5, 5.41) is 37.7. The molecule has 17 nitrogen and oxygen atoms in total. The van der Waals surface area contributed by atoms with Crippen LogP contribution in [0.15, 0.2) is 78.9 Å². The normalized spacial score (nSPS) is 11.5. The third-order valence-electron chi connectivity index (χ3n) is 8.33. The Morgan fingerprint density at radius 3 is 1.26 bits per heavy atom. The van der Waals surface area contributed by atoms with E-state index in [1.54, 1.807) is 48.5 Å². The van der Waals surface area contributed by atoms with Crippen LogP contribution in [-0.2, 0) is 17.1 Å². The Hall–Kier alpha value is -7.04. The number of H-pyrrole nitrogens is 2. The van der Waals surface area contributed by atoms with E-state index in [4.69, 9.17) is 15.0 Å². The van der Waals surface area contributed by atoms with Gasteiger partial charge in [-0.3, -0.25) is 30.3 Å². The maximum absolute atomic E-state index is 12.5. The van der Waals surface area contributed by atoms with E-state index < -0.39 is 31.8 Å². The van der Waals surface area contributed by atoms with Gasteiger partial charge in [-0.1, -0.05) is 72.8 Å².